The first-order valence-corrected chi connectivity index (χ1v) is 13.3. The van der Waals surface area contributed by atoms with E-state index in [0.29, 0.717) is 0 Å². The largest absolute Gasteiger partial charge is 0.462 e. The monoisotopic (exact) mass is 402 g/mol. The van der Waals surface area contributed by atoms with Crippen molar-refractivity contribution in [2.45, 2.75) is 123 Å². The summed E-state index contributed by atoms with van der Waals surface area (Å²) in [6.07, 6.45) is 21.2. The van der Waals surface area contributed by atoms with Crippen molar-refractivity contribution in [3.8, 4) is 0 Å². The van der Waals surface area contributed by atoms with Crippen LogP contribution in [0.5, 0.6) is 0 Å². The molecule has 4 saturated carbocycles. The van der Waals surface area contributed by atoms with E-state index < -0.39 is 0 Å². The Bertz CT molecular complexity index is 497. The molecule has 0 amide bonds. The minimum absolute atomic E-state index is 0.149. The van der Waals surface area contributed by atoms with E-state index >= 15 is 0 Å². The van der Waals surface area contributed by atoms with Gasteiger partial charge in [-0.25, -0.2) is 0 Å². The Hall–Kier alpha value is -0.530. The maximum Gasteiger partial charge on any atom is 0.309 e. The second-order valence-electron chi connectivity index (χ2n) is 11.6. The first-order chi connectivity index (χ1) is 14.1. The van der Waals surface area contributed by atoms with Crippen LogP contribution in [0, 0.1) is 41.4 Å². The fourth-order valence-corrected chi connectivity index (χ4v) is 7.28. The zero-order valence-electron chi connectivity index (χ0n) is 19.2. The van der Waals surface area contributed by atoms with E-state index in [-0.39, 0.29) is 18.0 Å². The van der Waals surface area contributed by atoms with Gasteiger partial charge >= 0.3 is 5.97 Å². The predicted octanol–water partition coefficient (Wildman–Crippen LogP) is 7.55. The molecule has 4 rings (SSSR count). The Labute approximate surface area is 179 Å². The van der Waals surface area contributed by atoms with Gasteiger partial charge in [0, 0.05) is 0 Å². The Morgan fingerprint density at radius 1 is 0.517 bits per heavy atom. The van der Waals surface area contributed by atoms with Crippen LogP contribution in [0.1, 0.15) is 117 Å². The number of rotatable bonds is 4. The molecule has 0 spiro atoms. The Morgan fingerprint density at radius 3 is 1.28 bits per heavy atom. The van der Waals surface area contributed by atoms with Gasteiger partial charge in [0.2, 0.25) is 0 Å². The average Bonchev–Trinajstić information content (AvgIpc) is 2.76. The van der Waals surface area contributed by atoms with Crippen LogP contribution in [-0.4, -0.2) is 12.1 Å². The Kier molecular flexibility index (Phi) is 7.62. The van der Waals surface area contributed by atoms with Crippen LogP contribution < -0.4 is 0 Å². The maximum absolute atomic E-state index is 12.8. The lowest BCUT2D eigenvalue weighted by molar-refractivity contribution is -0.158. The second-order valence-corrected chi connectivity index (χ2v) is 11.6. The highest BCUT2D eigenvalue weighted by Gasteiger charge is 2.35. The molecule has 0 atom stereocenters. The van der Waals surface area contributed by atoms with Gasteiger partial charge in [-0.05, 0) is 113 Å². The van der Waals surface area contributed by atoms with Gasteiger partial charge in [-0.3, -0.25) is 4.79 Å². The molecule has 0 aliphatic heterocycles. The van der Waals surface area contributed by atoms with Crippen molar-refractivity contribution in [1.29, 1.82) is 0 Å². The van der Waals surface area contributed by atoms with Gasteiger partial charge in [-0.2, -0.15) is 0 Å². The summed E-state index contributed by atoms with van der Waals surface area (Å²) in [7, 11) is 0. The summed E-state index contributed by atoms with van der Waals surface area (Å²) in [4.78, 5) is 12.8. The van der Waals surface area contributed by atoms with Crippen LogP contribution in [0.15, 0.2) is 0 Å². The molecule has 2 heteroatoms. The van der Waals surface area contributed by atoms with Crippen LogP contribution in [0.4, 0.5) is 0 Å². The van der Waals surface area contributed by atoms with Gasteiger partial charge in [-0.15, -0.1) is 0 Å². The fraction of sp³-hybridized carbons (Fsp3) is 0.963. The lowest BCUT2D eigenvalue weighted by Gasteiger charge is -2.38. The molecule has 29 heavy (non-hydrogen) atoms. The number of carbonyl (C=O) groups is 1. The van der Waals surface area contributed by atoms with Crippen molar-refractivity contribution >= 4 is 5.97 Å². The number of esters is 1. The molecule has 2 nitrogen and oxygen atoms in total. The van der Waals surface area contributed by atoms with E-state index in [2.05, 4.69) is 13.8 Å². The van der Waals surface area contributed by atoms with Crippen molar-refractivity contribution in [2.75, 3.05) is 0 Å². The summed E-state index contributed by atoms with van der Waals surface area (Å²) in [6, 6.07) is 0. The molecule has 0 bridgehead atoms. The highest BCUT2D eigenvalue weighted by atomic mass is 16.5. The predicted molar refractivity (Wildman–Crippen MR) is 120 cm³/mol. The zero-order valence-corrected chi connectivity index (χ0v) is 19.2. The van der Waals surface area contributed by atoms with E-state index in [4.69, 9.17) is 4.74 Å². The van der Waals surface area contributed by atoms with Crippen LogP contribution in [0.25, 0.3) is 0 Å². The standard InChI is InChI=1S/C27H46O2/c1-19-3-7-21(8-4-19)23-11-13-25(14-12-23)27(28)29-26-17-15-24(16-18-26)22-9-5-20(2)6-10-22/h19-26H,3-18H2,1-2H3. The summed E-state index contributed by atoms with van der Waals surface area (Å²) < 4.78 is 6.04. The lowest BCUT2D eigenvalue weighted by atomic mass is 9.69. The topological polar surface area (TPSA) is 26.3 Å². The summed E-state index contributed by atoms with van der Waals surface area (Å²) in [6.45, 7) is 4.82. The Balaban J connectivity index is 1.14. The summed E-state index contributed by atoms with van der Waals surface area (Å²) in [5.41, 5.74) is 0. The molecule has 166 valence electrons. The van der Waals surface area contributed by atoms with Crippen LogP contribution >= 0.6 is 0 Å². The highest BCUT2D eigenvalue weighted by Crippen LogP contribution is 2.43. The van der Waals surface area contributed by atoms with Gasteiger partial charge in [0.05, 0.1) is 5.92 Å². The average molecular weight is 403 g/mol. The smallest absolute Gasteiger partial charge is 0.309 e. The zero-order chi connectivity index (χ0) is 20.2. The second kappa shape index (κ2) is 10.2. The minimum atomic E-state index is 0.149. The van der Waals surface area contributed by atoms with Crippen molar-refractivity contribution in [2.24, 2.45) is 41.4 Å². The molecule has 0 saturated heterocycles. The molecule has 4 aliphatic rings. The van der Waals surface area contributed by atoms with Gasteiger partial charge in [0.1, 0.15) is 6.10 Å². The molecular weight excluding hydrogens is 356 g/mol. The summed E-state index contributed by atoms with van der Waals surface area (Å²) >= 11 is 0. The highest BCUT2D eigenvalue weighted by molar-refractivity contribution is 5.72. The van der Waals surface area contributed by atoms with Crippen molar-refractivity contribution in [3.63, 3.8) is 0 Å². The Morgan fingerprint density at radius 2 is 0.862 bits per heavy atom. The molecule has 0 heterocycles. The molecule has 0 aromatic heterocycles. The summed E-state index contributed by atoms with van der Waals surface area (Å²) in [5.74, 6) is 5.94. The molecule has 0 N–H and O–H groups in total. The number of carbonyl (C=O) groups excluding carboxylic acids is 1. The van der Waals surface area contributed by atoms with E-state index in [1.807, 2.05) is 0 Å². The van der Waals surface area contributed by atoms with Crippen molar-refractivity contribution in [3.05, 3.63) is 0 Å². The SMILES string of the molecule is CC1CCC(C2CCC(OC(=O)C3CCC(C4CCC(C)CC4)CC3)CC2)CC1. The number of ether oxygens (including phenoxy) is 1. The summed E-state index contributed by atoms with van der Waals surface area (Å²) in [5, 5.41) is 0. The molecule has 0 unspecified atom stereocenters. The first-order valence-electron chi connectivity index (χ1n) is 13.3. The molecule has 0 aromatic rings. The van der Waals surface area contributed by atoms with E-state index in [1.54, 1.807) is 0 Å². The van der Waals surface area contributed by atoms with Crippen LogP contribution in [0.3, 0.4) is 0 Å². The van der Waals surface area contributed by atoms with Crippen molar-refractivity contribution in [1.82, 2.24) is 0 Å². The minimum Gasteiger partial charge on any atom is -0.462 e. The van der Waals surface area contributed by atoms with Gasteiger partial charge in [0.15, 0.2) is 0 Å². The first kappa shape index (κ1) is 21.7. The molecule has 4 aliphatic carbocycles. The number of hydrogen-bond acceptors (Lipinski definition) is 2. The molecular formula is C27H46O2. The van der Waals surface area contributed by atoms with Crippen LogP contribution in [0.2, 0.25) is 0 Å². The quantitative estimate of drug-likeness (QED) is 0.454. The van der Waals surface area contributed by atoms with E-state index in [1.165, 1.54) is 77.0 Å². The molecule has 0 aromatic carbocycles. The third-order valence-corrected chi connectivity index (χ3v) is 9.56. The number of hydrogen-bond donors (Lipinski definition) is 0. The maximum atomic E-state index is 12.8. The van der Waals surface area contributed by atoms with Gasteiger partial charge in [-0.1, -0.05) is 39.5 Å². The van der Waals surface area contributed by atoms with E-state index in [9.17, 15) is 4.79 Å². The molecule has 4 fully saturated rings. The third kappa shape index (κ3) is 5.79. The van der Waals surface area contributed by atoms with Crippen molar-refractivity contribution < 1.29 is 9.53 Å². The van der Waals surface area contributed by atoms with Crippen LogP contribution in [-0.2, 0) is 9.53 Å². The van der Waals surface area contributed by atoms with E-state index in [0.717, 1.165) is 61.2 Å². The fourth-order valence-electron chi connectivity index (χ4n) is 7.28. The lowest BCUT2D eigenvalue weighted by Crippen LogP contribution is -2.33. The third-order valence-electron chi connectivity index (χ3n) is 9.56. The van der Waals surface area contributed by atoms with Gasteiger partial charge in [0.25, 0.3) is 0 Å². The normalized spacial score (nSPS) is 44.2. The molecule has 0 radical (unpaired) electrons. The van der Waals surface area contributed by atoms with Gasteiger partial charge < -0.3 is 4.74 Å².